The molecule has 0 saturated heterocycles. The fourth-order valence-electron chi connectivity index (χ4n) is 3.32. The van der Waals surface area contributed by atoms with Crippen molar-refractivity contribution in [2.45, 2.75) is 19.5 Å². The molecule has 1 heterocycles. The molecule has 1 N–H and O–H groups in total. The van der Waals surface area contributed by atoms with Gasteiger partial charge in [0.05, 0.1) is 0 Å². The van der Waals surface area contributed by atoms with Crippen LogP contribution in [0.25, 0.3) is 21.7 Å². The number of nitrogens with one attached hydrogen (secondary N) is 1. The molecule has 3 nitrogen and oxygen atoms in total. The summed E-state index contributed by atoms with van der Waals surface area (Å²) in [6, 6.07) is 16.7. The van der Waals surface area contributed by atoms with Crippen molar-refractivity contribution in [2.75, 3.05) is 0 Å². The molecule has 0 aliphatic heterocycles. The van der Waals surface area contributed by atoms with E-state index < -0.39 is 17.3 Å². The van der Waals surface area contributed by atoms with Crippen LogP contribution in [0.3, 0.4) is 0 Å². The van der Waals surface area contributed by atoms with Gasteiger partial charge in [-0.15, -0.1) is 0 Å². The summed E-state index contributed by atoms with van der Waals surface area (Å²) in [6.45, 7) is 2.24. The Balaban J connectivity index is 1.71. The first-order valence-electron chi connectivity index (χ1n) is 8.66. The van der Waals surface area contributed by atoms with Crippen LogP contribution >= 0.6 is 0 Å². The molecule has 0 radical (unpaired) electrons. The molecule has 3 aromatic carbocycles. The van der Waals surface area contributed by atoms with Crippen LogP contribution in [-0.4, -0.2) is 0 Å². The van der Waals surface area contributed by atoms with Gasteiger partial charge in [-0.2, -0.15) is 0 Å². The van der Waals surface area contributed by atoms with Crippen LogP contribution in [0.1, 0.15) is 24.1 Å². The van der Waals surface area contributed by atoms with Crippen molar-refractivity contribution in [2.24, 2.45) is 0 Å². The molecule has 1 atom stereocenters. The summed E-state index contributed by atoms with van der Waals surface area (Å²) < 4.78 is 32.0. The van der Waals surface area contributed by atoms with Crippen LogP contribution in [0.2, 0.25) is 0 Å². The van der Waals surface area contributed by atoms with Gasteiger partial charge in [0.1, 0.15) is 5.58 Å². The van der Waals surface area contributed by atoms with Gasteiger partial charge >= 0.3 is 5.63 Å². The quantitative estimate of drug-likeness (QED) is 0.405. The van der Waals surface area contributed by atoms with Crippen LogP contribution in [-0.2, 0) is 6.54 Å². The Bertz CT molecular complexity index is 1200. The van der Waals surface area contributed by atoms with E-state index in [1.165, 1.54) is 12.1 Å². The minimum atomic E-state index is -0.877. The van der Waals surface area contributed by atoms with Crippen LogP contribution in [0.15, 0.2) is 69.9 Å². The molecule has 4 rings (SSSR count). The lowest BCUT2D eigenvalue weighted by Crippen LogP contribution is -2.19. The van der Waals surface area contributed by atoms with Gasteiger partial charge in [0.2, 0.25) is 0 Å². The summed E-state index contributed by atoms with van der Waals surface area (Å²) in [5, 5.41) is 6.20. The molecule has 0 spiro atoms. The van der Waals surface area contributed by atoms with Crippen molar-refractivity contribution < 1.29 is 13.2 Å². The highest BCUT2D eigenvalue weighted by molar-refractivity contribution is 6.07. The average Bonchev–Trinajstić information content (AvgIpc) is 2.67. The van der Waals surface area contributed by atoms with Crippen molar-refractivity contribution in [1.82, 2.24) is 5.32 Å². The normalized spacial score (nSPS) is 12.6. The fourth-order valence-corrected chi connectivity index (χ4v) is 3.32. The van der Waals surface area contributed by atoms with E-state index in [4.69, 9.17) is 4.42 Å². The molecular weight excluding hydrogens is 348 g/mol. The fraction of sp³-hybridized carbons (Fsp3) is 0.136. The largest absolute Gasteiger partial charge is 0.423 e. The van der Waals surface area contributed by atoms with E-state index in [1.807, 2.05) is 37.3 Å². The maximum atomic E-state index is 13.5. The third-order valence-corrected chi connectivity index (χ3v) is 4.76. The zero-order chi connectivity index (χ0) is 19.0. The lowest BCUT2D eigenvalue weighted by atomic mass is 10.0. The Morgan fingerprint density at radius 1 is 1.00 bits per heavy atom. The number of rotatable bonds is 4. The number of fused-ring (bicyclic) bond motifs is 3. The molecule has 0 aliphatic rings. The van der Waals surface area contributed by atoms with Crippen molar-refractivity contribution in [3.8, 4) is 0 Å². The van der Waals surface area contributed by atoms with Crippen molar-refractivity contribution in [1.29, 1.82) is 0 Å². The number of benzene rings is 3. The second-order valence-corrected chi connectivity index (χ2v) is 6.53. The van der Waals surface area contributed by atoms with E-state index in [2.05, 4.69) is 5.32 Å². The number of hydrogen-bond donors (Lipinski definition) is 1. The molecule has 136 valence electrons. The molecular formula is C22H17F2NO2. The summed E-state index contributed by atoms with van der Waals surface area (Å²) in [5.74, 6) is -1.75. The molecule has 0 fully saturated rings. The Morgan fingerprint density at radius 2 is 1.81 bits per heavy atom. The highest BCUT2D eigenvalue weighted by atomic mass is 19.2. The van der Waals surface area contributed by atoms with Crippen molar-refractivity contribution in [3.63, 3.8) is 0 Å². The molecule has 0 aliphatic carbocycles. The lowest BCUT2D eigenvalue weighted by Gasteiger charge is -2.16. The van der Waals surface area contributed by atoms with Crippen molar-refractivity contribution >= 4 is 21.7 Å². The molecule has 0 unspecified atom stereocenters. The summed E-state index contributed by atoms with van der Waals surface area (Å²) in [6.07, 6.45) is 0. The topological polar surface area (TPSA) is 42.2 Å². The predicted molar refractivity (Wildman–Crippen MR) is 102 cm³/mol. The highest BCUT2D eigenvalue weighted by Gasteiger charge is 2.13. The van der Waals surface area contributed by atoms with E-state index in [9.17, 15) is 13.6 Å². The van der Waals surface area contributed by atoms with Gasteiger partial charge < -0.3 is 9.73 Å². The maximum absolute atomic E-state index is 13.5. The van der Waals surface area contributed by atoms with E-state index in [-0.39, 0.29) is 6.04 Å². The van der Waals surface area contributed by atoms with Gasteiger partial charge in [0.15, 0.2) is 11.6 Å². The Labute approximate surface area is 154 Å². The van der Waals surface area contributed by atoms with E-state index in [0.717, 1.165) is 27.8 Å². The van der Waals surface area contributed by atoms with Crippen LogP contribution in [0, 0.1) is 11.6 Å². The summed E-state index contributed by atoms with van der Waals surface area (Å²) in [7, 11) is 0. The number of halogens is 2. The molecule has 4 aromatic rings. The second kappa shape index (κ2) is 6.93. The average molecular weight is 365 g/mol. The standard InChI is InChI=1S/C22H17F2NO2/c1-13(15-6-8-18(23)19(24)10-15)25-12-16-11-21(26)27-20-9-7-14-4-2-3-5-17(14)22(16)20/h2-11,13,25H,12H2,1H3/t13-/m1/s1. The monoisotopic (exact) mass is 365 g/mol. The third-order valence-electron chi connectivity index (χ3n) is 4.76. The Morgan fingerprint density at radius 3 is 2.63 bits per heavy atom. The minimum absolute atomic E-state index is 0.225. The molecule has 27 heavy (non-hydrogen) atoms. The number of hydrogen-bond acceptors (Lipinski definition) is 3. The van der Waals surface area contributed by atoms with E-state index >= 15 is 0 Å². The lowest BCUT2D eigenvalue weighted by molar-refractivity contribution is 0.500. The zero-order valence-electron chi connectivity index (χ0n) is 14.6. The van der Waals surface area contributed by atoms with Gasteiger partial charge in [-0.1, -0.05) is 36.4 Å². The summed E-state index contributed by atoms with van der Waals surface area (Å²) in [4.78, 5) is 12.0. The molecule has 1 aromatic heterocycles. The molecule has 0 saturated carbocycles. The Hall–Kier alpha value is -3.05. The first-order chi connectivity index (χ1) is 13.0. The van der Waals surface area contributed by atoms with Gasteiger partial charge in [-0.3, -0.25) is 0 Å². The van der Waals surface area contributed by atoms with E-state index in [1.54, 1.807) is 12.1 Å². The summed E-state index contributed by atoms with van der Waals surface area (Å²) >= 11 is 0. The van der Waals surface area contributed by atoms with Gasteiger partial charge in [-0.25, -0.2) is 13.6 Å². The first-order valence-corrected chi connectivity index (χ1v) is 8.66. The van der Waals surface area contributed by atoms with Crippen LogP contribution < -0.4 is 10.9 Å². The zero-order valence-corrected chi connectivity index (χ0v) is 14.6. The van der Waals surface area contributed by atoms with Crippen LogP contribution in [0.4, 0.5) is 8.78 Å². The van der Waals surface area contributed by atoms with Crippen molar-refractivity contribution in [3.05, 3.63) is 93.8 Å². The highest BCUT2D eigenvalue weighted by Crippen LogP contribution is 2.27. The first kappa shape index (κ1) is 17.4. The third kappa shape index (κ3) is 3.34. The van der Waals surface area contributed by atoms with Gasteiger partial charge in [0, 0.05) is 24.0 Å². The molecule has 5 heteroatoms. The van der Waals surface area contributed by atoms with Crippen LogP contribution in [0.5, 0.6) is 0 Å². The van der Waals surface area contributed by atoms with Gasteiger partial charge in [0.25, 0.3) is 0 Å². The maximum Gasteiger partial charge on any atom is 0.336 e. The summed E-state index contributed by atoms with van der Waals surface area (Å²) in [5.41, 5.74) is 1.53. The molecule has 0 amide bonds. The minimum Gasteiger partial charge on any atom is -0.423 e. The second-order valence-electron chi connectivity index (χ2n) is 6.53. The molecule has 0 bridgehead atoms. The smallest absolute Gasteiger partial charge is 0.336 e. The Kier molecular flexibility index (Phi) is 4.46. The SMILES string of the molecule is C[C@@H](NCc1cc(=O)oc2ccc3ccccc3c12)c1ccc(F)c(F)c1. The van der Waals surface area contributed by atoms with E-state index in [0.29, 0.717) is 17.7 Å². The van der Waals surface area contributed by atoms with Gasteiger partial charge in [-0.05, 0) is 47.0 Å². The predicted octanol–water partition coefficient (Wildman–Crippen LogP) is 5.08.